The molecule has 0 radical (unpaired) electrons. The first kappa shape index (κ1) is 27.0. The van der Waals surface area contributed by atoms with Crippen LogP contribution in [-0.2, 0) is 6.54 Å². The molecule has 2 heterocycles. The Balaban J connectivity index is 1.22. The van der Waals surface area contributed by atoms with Gasteiger partial charge in [-0.05, 0) is 5.39 Å². The summed E-state index contributed by atoms with van der Waals surface area (Å²) in [4.78, 5) is 2.28. The van der Waals surface area contributed by atoms with Crippen LogP contribution in [0.25, 0.3) is 37.4 Å². The molecule has 2 aliphatic rings. The Morgan fingerprint density at radius 1 is 0.905 bits per heavy atom. The van der Waals surface area contributed by atoms with E-state index in [9.17, 15) is 0 Å². The number of fused-ring (bicyclic) bond motifs is 6. The molecule has 1 aromatic heterocycles. The standard InChI is InChI=1S/C38H37N2OSe/c1-5-39-34(41-32-20-18-28-13-7-9-15-30(28)36(32)39)17-11-12-26-22-27(25-38(3,4)24-26)23-35-40(6-2)37-31-16-10-8-14-29(31)19-21-33(37)42-35/h7-23H,5-6,24-25H2,1-4H3/q+1. The van der Waals surface area contributed by atoms with Crippen LogP contribution in [0.1, 0.15) is 45.1 Å². The average Bonchev–Trinajstić information content (AvgIpc) is 3.53. The molecule has 0 saturated heterocycles. The SMILES string of the molecule is CCN1/C(=C/C=C/C2=CC(=C/c3[se]c4ccc5ccccc5c4[n+]3CC)/CC(C)(C)C2)Oc2ccc3ccccc3c21. The Morgan fingerprint density at radius 3 is 2.43 bits per heavy atom. The summed E-state index contributed by atoms with van der Waals surface area (Å²) < 4.78 is 11.9. The molecule has 1 aliphatic carbocycles. The molecule has 210 valence electrons. The van der Waals surface area contributed by atoms with Crippen molar-refractivity contribution in [1.29, 1.82) is 0 Å². The summed E-state index contributed by atoms with van der Waals surface area (Å²) in [5, 5.41) is 5.17. The third-order valence-electron chi connectivity index (χ3n) is 8.45. The quantitative estimate of drug-likeness (QED) is 0.145. The predicted octanol–water partition coefficient (Wildman–Crippen LogP) is 8.96. The maximum atomic E-state index is 6.34. The van der Waals surface area contributed by atoms with Gasteiger partial charge in [-0.15, -0.1) is 0 Å². The van der Waals surface area contributed by atoms with Gasteiger partial charge in [0.25, 0.3) is 0 Å². The molecule has 0 atom stereocenters. The van der Waals surface area contributed by atoms with Gasteiger partial charge >= 0.3 is 220 Å². The number of aryl methyl sites for hydroxylation is 1. The number of aromatic nitrogens is 1. The van der Waals surface area contributed by atoms with Gasteiger partial charge in [-0.1, -0.05) is 30.3 Å². The van der Waals surface area contributed by atoms with Crippen molar-refractivity contribution >= 4 is 57.6 Å². The molecule has 7 rings (SSSR count). The van der Waals surface area contributed by atoms with Crippen molar-refractivity contribution in [3.05, 3.63) is 119 Å². The summed E-state index contributed by atoms with van der Waals surface area (Å²) >= 11 is 0.306. The predicted molar refractivity (Wildman–Crippen MR) is 178 cm³/mol. The molecular weight excluding hydrogens is 579 g/mol. The fraction of sp³-hybridized carbons (Fsp3) is 0.237. The molecule has 42 heavy (non-hydrogen) atoms. The van der Waals surface area contributed by atoms with Crippen molar-refractivity contribution in [1.82, 2.24) is 0 Å². The van der Waals surface area contributed by atoms with Crippen molar-refractivity contribution in [2.24, 2.45) is 5.41 Å². The molecule has 4 heteroatoms. The van der Waals surface area contributed by atoms with Gasteiger partial charge in [0.2, 0.25) is 0 Å². The zero-order valence-corrected chi connectivity index (χ0v) is 26.6. The van der Waals surface area contributed by atoms with Crippen LogP contribution in [-0.4, -0.2) is 21.0 Å². The molecule has 0 spiro atoms. The number of hydrogen-bond donors (Lipinski definition) is 0. The molecule has 4 aromatic carbocycles. The van der Waals surface area contributed by atoms with Gasteiger partial charge in [0.15, 0.2) is 0 Å². The van der Waals surface area contributed by atoms with E-state index in [2.05, 4.69) is 140 Å². The second kappa shape index (κ2) is 10.8. The van der Waals surface area contributed by atoms with E-state index in [0.29, 0.717) is 14.5 Å². The van der Waals surface area contributed by atoms with Crippen LogP contribution in [0, 0.1) is 5.41 Å². The summed E-state index contributed by atoms with van der Waals surface area (Å²) in [5.41, 5.74) is 5.60. The minimum atomic E-state index is 0.213. The van der Waals surface area contributed by atoms with Gasteiger partial charge in [-0.2, -0.15) is 0 Å². The Kier molecular flexibility index (Phi) is 6.92. The van der Waals surface area contributed by atoms with Crippen LogP contribution < -0.4 is 14.2 Å². The summed E-state index contributed by atoms with van der Waals surface area (Å²) in [6.45, 7) is 11.1. The third kappa shape index (κ3) is 4.83. The van der Waals surface area contributed by atoms with Crippen LogP contribution in [0.3, 0.4) is 0 Å². The zero-order chi connectivity index (χ0) is 28.8. The van der Waals surface area contributed by atoms with Gasteiger partial charge < -0.3 is 0 Å². The zero-order valence-electron chi connectivity index (χ0n) is 24.9. The number of allylic oxidation sites excluding steroid dienone is 6. The van der Waals surface area contributed by atoms with Crippen LogP contribution >= 0.6 is 0 Å². The summed E-state index contributed by atoms with van der Waals surface area (Å²) in [5.74, 6) is 1.82. The van der Waals surface area contributed by atoms with Crippen molar-refractivity contribution in [3.8, 4) is 5.75 Å². The van der Waals surface area contributed by atoms with E-state index in [1.165, 1.54) is 52.7 Å². The van der Waals surface area contributed by atoms with Crippen molar-refractivity contribution in [2.45, 2.75) is 47.1 Å². The van der Waals surface area contributed by atoms with Crippen LogP contribution in [0.15, 0.2) is 114 Å². The summed E-state index contributed by atoms with van der Waals surface area (Å²) in [7, 11) is 0. The first-order valence-electron chi connectivity index (χ1n) is 15.0. The van der Waals surface area contributed by atoms with Gasteiger partial charge in [-0.3, -0.25) is 0 Å². The molecule has 0 bridgehead atoms. The molecule has 0 fully saturated rings. The number of rotatable bonds is 5. The van der Waals surface area contributed by atoms with Crippen LogP contribution in [0.5, 0.6) is 5.75 Å². The monoisotopic (exact) mass is 617 g/mol. The third-order valence-corrected chi connectivity index (χ3v) is 10.8. The minimum absolute atomic E-state index is 0.213. The Labute approximate surface area is 254 Å². The molecular formula is C38H37N2OSe+. The molecule has 1 aliphatic heterocycles. The van der Waals surface area contributed by atoms with Crippen molar-refractivity contribution < 1.29 is 9.30 Å². The number of benzene rings is 4. The normalized spacial score (nSPS) is 18.5. The fourth-order valence-corrected chi connectivity index (χ4v) is 9.28. The molecule has 0 N–H and O–H groups in total. The summed E-state index contributed by atoms with van der Waals surface area (Å²) in [6.07, 6.45) is 13.7. The number of anilines is 1. The van der Waals surface area contributed by atoms with Gasteiger partial charge in [0.1, 0.15) is 0 Å². The van der Waals surface area contributed by atoms with Crippen molar-refractivity contribution in [2.75, 3.05) is 11.4 Å². The molecule has 5 aromatic rings. The molecule has 3 nitrogen and oxygen atoms in total. The van der Waals surface area contributed by atoms with E-state index in [-0.39, 0.29) is 5.41 Å². The first-order valence-corrected chi connectivity index (χ1v) is 16.8. The van der Waals surface area contributed by atoms with Gasteiger partial charge in [0.05, 0.1) is 0 Å². The van der Waals surface area contributed by atoms with Crippen LogP contribution in [0.4, 0.5) is 5.69 Å². The Hall–Kier alpha value is -3.85. The summed E-state index contributed by atoms with van der Waals surface area (Å²) in [6, 6.07) is 26.2. The number of ether oxygens (including phenoxy) is 1. The van der Waals surface area contributed by atoms with E-state index < -0.39 is 0 Å². The van der Waals surface area contributed by atoms with E-state index in [0.717, 1.165) is 37.6 Å². The van der Waals surface area contributed by atoms with E-state index in [1.807, 2.05) is 0 Å². The van der Waals surface area contributed by atoms with Crippen LogP contribution in [0.2, 0.25) is 0 Å². The number of nitrogens with zero attached hydrogens (tertiary/aromatic N) is 2. The van der Waals surface area contributed by atoms with E-state index in [1.54, 1.807) is 0 Å². The Bertz CT molecular complexity index is 1970. The molecule has 0 amide bonds. The molecule has 0 unspecified atom stereocenters. The fourth-order valence-electron chi connectivity index (χ4n) is 6.73. The van der Waals surface area contributed by atoms with E-state index >= 15 is 0 Å². The maximum absolute atomic E-state index is 6.34. The average molecular weight is 617 g/mol. The second-order valence-corrected chi connectivity index (χ2v) is 14.3. The number of hydrogen-bond acceptors (Lipinski definition) is 2. The Morgan fingerprint density at radius 2 is 1.64 bits per heavy atom. The van der Waals surface area contributed by atoms with Gasteiger partial charge in [-0.25, -0.2) is 0 Å². The second-order valence-electron chi connectivity index (χ2n) is 12.1. The van der Waals surface area contributed by atoms with E-state index in [4.69, 9.17) is 4.74 Å². The van der Waals surface area contributed by atoms with Gasteiger partial charge in [0, 0.05) is 0 Å². The van der Waals surface area contributed by atoms with Crippen molar-refractivity contribution in [3.63, 3.8) is 0 Å². The topological polar surface area (TPSA) is 16.4 Å². The molecule has 0 saturated carbocycles. The first-order chi connectivity index (χ1) is 20.4.